The van der Waals surface area contributed by atoms with Crippen LogP contribution in [0.15, 0.2) is 48.7 Å². The molecule has 5 heteroatoms. The monoisotopic (exact) mass is 310 g/mol. The van der Waals surface area contributed by atoms with Gasteiger partial charge in [0.2, 0.25) is 0 Å². The molecule has 110 valence electrons. The number of hydrogen-bond donors (Lipinski definition) is 1. The maximum Gasteiger partial charge on any atom is 0.348 e. The molecule has 0 aliphatic carbocycles. The van der Waals surface area contributed by atoms with Crippen molar-refractivity contribution in [2.75, 3.05) is 7.11 Å². The van der Waals surface area contributed by atoms with E-state index < -0.39 is 0 Å². The first kappa shape index (κ1) is 14.3. The Bertz CT molecular complexity index is 803. The number of aromatic nitrogens is 2. The van der Waals surface area contributed by atoms with Crippen molar-refractivity contribution < 1.29 is 9.53 Å². The first-order valence-corrected chi connectivity index (χ1v) is 7.54. The van der Waals surface area contributed by atoms with Crippen molar-refractivity contribution in [1.29, 1.82) is 0 Å². The molecule has 0 atom stereocenters. The van der Waals surface area contributed by atoms with Gasteiger partial charge in [0.15, 0.2) is 0 Å². The summed E-state index contributed by atoms with van der Waals surface area (Å²) in [7, 11) is 1.38. The minimum Gasteiger partial charge on any atom is -0.465 e. The highest BCUT2D eigenvalue weighted by Crippen LogP contribution is 2.27. The fourth-order valence-corrected chi connectivity index (χ4v) is 2.87. The summed E-state index contributed by atoms with van der Waals surface area (Å²) >= 11 is 1.38. The Hall–Kier alpha value is -2.66. The van der Waals surface area contributed by atoms with Crippen LogP contribution in [-0.2, 0) is 4.74 Å². The summed E-state index contributed by atoms with van der Waals surface area (Å²) in [4.78, 5) is 20.6. The van der Waals surface area contributed by atoms with E-state index in [1.807, 2.05) is 48.6 Å². The van der Waals surface area contributed by atoms with Crippen LogP contribution in [0.3, 0.4) is 0 Å². The Kier molecular flexibility index (Phi) is 4.16. The van der Waals surface area contributed by atoms with Crippen LogP contribution < -0.4 is 0 Å². The van der Waals surface area contributed by atoms with Crippen LogP contribution in [-0.4, -0.2) is 23.0 Å². The fraction of sp³-hybridized carbons (Fsp3) is 0.0588. The third-order valence-corrected chi connectivity index (χ3v) is 4.19. The number of hydrogen-bond acceptors (Lipinski definition) is 4. The lowest BCUT2D eigenvalue weighted by molar-refractivity contribution is 0.0606. The van der Waals surface area contributed by atoms with Crippen LogP contribution >= 0.6 is 11.3 Å². The zero-order valence-corrected chi connectivity index (χ0v) is 12.8. The Balaban J connectivity index is 1.78. The van der Waals surface area contributed by atoms with Crippen LogP contribution in [0.1, 0.15) is 21.1 Å². The normalized spacial score (nSPS) is 11.0. The number of H-pyrrole nitrogens is 1. The highest BCUT2D eigenvalue weighted by atomic mass is 32.1. The molecule has 0 aliphatic rings. The lowest BCUT2D eigenvalue weighted by Gasteiger charge is -1.93. The summed E-state index contributed by atoms with van der Waals surface area (Å²) < 4.78 is 4.71. The Morgan fingerprint density at radius 1 is 1.18 bits per heavy atom. The summed E-state index contributed by atoms with van der Waals surface area (Å²) in [5, 5.41) is 0. The van der Waals surface area contributed by atoms with E-state index in [2.05, 4.69) is 9.97 Å². The lowest BCUT2D eigenvalue weighted by atomic mass is 10.2. The molecule has 4 nitrogen and oxygen atoms in total. The number of rotatable bonds is 4. The first-order chi connectivity index (χ1) is 10.8. The molecule has 0 saturated heterocycles. The van der Waals surface area contributed by atoms with Gasteiger partial charge in [0.1, 0.15) is 10.7 Å². The molecule has 0 aliphatic heterocycles. The third kappa shape index (κ3) is 3.15. The summed E-state index contributed by atoms with van der Waals surface area (Å²) in [5.41, 5.74) is 2.00. The van der Waals surface area contributed by atoms with Gasteiger partial charge in [0, 0.05) is 0 Å². The second kappa shape index (κ2) is 6.41. The predicted octanol–water partition coefficient (Wildman–Crippen LogP) is 4.10. The maximum absolute atomic E-state index is 11.5. The van der Waals surface area contributed by atoms with Gasteiger partial charge in [-0.1, -0.05) is 36.4 Å². The van der Waals surface area contributed by atoms with E-state index in [0.717, 1.165) is 22.0 Å². The number of carbonyl (C=O) groups is 1. The molecular formula is C17H14N2O2S. The van der Waals surface area contributed by atoms with Crippen molar-refractivity contribution in [3.8, 4) is 10.6 Å². The summed E-state index contributed by atoms with van der Waals surface area (Å²) in [5.74, 6) is 0.451. The van der Waals surface area contributed by atoms with Gasteiger partial charge in [-0.2, -0.15) is 0 Å². The van der Waals surface area contributed by atoms with Crippen LogP contribution in [0.5, 0.6) is 0 Å². The number of nitrogens with one attached hydrogen (secondary N) is 1. The number of benzene rings is 1. The van der Waals surface area contributed by atoms with E-state index in [0.29, 0.717) is 4.88 Å². The molecule has 0 radical (unpaired) electrons. The molecule has 1 aromatic carbocycles. The van der Waals surface area contributed by atoms with Gasteiger partial charge in [0.25, 0.3) is 0 Å². The van der Waals surface area contributed by atoms with Gasteiger partial charge < -0.3 is 9.72 Å². The molecule has 22 heavy (non-hydrogen) atoms. The van der Waals surface area contributed by atoms with Crippen LogP contribution in [0, 0.1) is 0 Å². The molecule has 0 saturated carbocycles. The number of ether oxygens (including phenoxy) is 1. The number of imidazole rings is 1. The Morgan fingerprint density at radius 3 is 2.77 bits per heavy atom. The molecule has 2 heterocycles. The quantitative estimate of drug-likeness (QED) is 0.738. The first-order valence-electron chi connectivity index (χ1n) is 6.73. The average Bonchev–Trinajstić information content (AvgIpc) is 3.22. The van der Waals surface area contributed by atoms with Gasteiger partial charge in [-0.3, -0.25) is 0 Å². The van der Waals surface area contributed by atoms with Crippen molar-refractivity contribution in [1.82, 2.24) is 9.97 Å². The average molecular weight is 310 g/mol. The lowest BCUT2D eigenvalue weighted by Crippen LogP contribution is -1.96. The van der Waals surface area contributed by atoms with Gasteiger partial charge in [-0.25, -0.2) is 9.78 Å². The summed E-state index contributed by atoms with van der Waals surface area (Å²) in [6, 6.07) is 13.7. The smallest absolute Gasteiger partial charge is 0.348 e. The SMILES string of the molecule is COC(=O)c1ccc(-c2cnc(C=Cc3ccccc3)[nH]2)s1. The Labute approximate surface area is 132 Å². The maximum atomic E-state index is 11.5. The zero-order chi connectivity index (χ0) is 15.4. The van der Waals surface area contributed by atoms with Crippen LogP contribution in [0.2, 0.25) is 0 Å². The molecular weight excluding hydrogens is 296 g/mol. The third-order valence-electron chi connectivity index (χ3n) is 3.09. The summed E-state index contributed by atoms with van der Waals surface area (Å²) in [6.07, 6.45) is 5.68. The second-order valence-corrected chi connectivity index (χ2v) is 5.67. The standard InChI is InChI=1S/C17H14N2O2S/c1-21-17(20)15-9-8-14(22-15)13-11-18-16(19-13)10-7-12-5-3-2-4-6-12/h2-11H,1H3,(H,18,19). The number of methoxy groups -OCH3 is 1. The fourth-order valence-electron chi connectivity index (χ4n) is 1.98. The van der Waals surface area contributed by atoms with Gasteiger partial charge >= 0.3 is 5.97 Å². The van der Waals surface area contributed by atoms with Crippen LogP contribution in [0.4, 0.5) is 0 Å². The molecule has 0 amide bonds. The molecule has 1 N–H and O–H groups in total. The minimum absolute atomic E-state index is 0.319. The van der Waals surface area contributed by atoms with E-state index in [1.54, 1.807) is 12.3 Å². The van der Waals surface area contributed by atoms with E-state index in [1.165, 1.54) is 18.4 Å². The zero-order valence-electron chi connectivity index (χ0n) is 11.9. The van der Waals surface area contributed by atoms with E-state index in [4.69, 9.17) is 4.74 Å². The van der Waals surface area contributed by atoms with E-state index in [-0.39, 0.29) is 5.97 Å². The molecule has 0 bridgehead atoms. The van der Waals surface area contributed by atoms with Gasteiger partial charge in [0.05, 0.1) is 23.9 Å². The van der Waals surface area contributed by atoms with Gasteiger partial charge in [-0.15, -0.1) is 11.3 Å². The van der Waals surface area contributed by atoms with Crippen molar-refractivity contribution in [3.05, 3.63) is 64.9 Å². The highest BCUT2D eigenvalue weighted by Gasteiger charge is 2.11. The minimum atomic E-state index is -0.319. The Morgan fingerprint density at radius 2 is 2.00 bits per heavy atom. The highest BCUT2D eigenvalue weighted by molar-refractivity contribution is 7.17. The molecule has 2 aromatic heterocycles. The number of nitrogens with zero attached hydrogens (tertiary/aromatic N) is 1. The molecule has 0 unspecified atom stereocenters. The number of esters is 1. The van der Waals surface area contributed by atoms with Crippen molar-refractivity contribution in [2.24, 2.45) is 0 Å². The molecule has 0 spiro atoms. The number of carbonyl (C=O) groups excluding carboxylic acids is 1. The van der Waals surface area contributed by atoms with Crippen molar-refractivity contribution in [3.63, 3.8) is 0 Å². The number of thiophene rings is 1. The summed E-state index contributed by atoms with van der Waals surface area (Å²) in [6.45, 7) is 0. The van der Waals surface area contributed by atoms with Crippen LogP contribution in [0.25, 0.3) is 22.7 Å². The molecule has 3 rings (SSSR count). The topological polar surface area (TPSA) is 55.0 Å². The molecule has 0 fully saturated rings. The van der Waals surface area contributed by atoms with Crippen molar-refractivity contribution in [2.45, 2.75) is 0 Å². The van der Waals surface area contributed by atoms with E-state index >= 15 is 0 Å². The van der Waals surface area contributed by atoms with Gasteiger partial charge in [-0.05, 0) is 23.8 Å². The number of aromatic amines is 1. The van der Waals surface area contributed by atoms with Crippen molar-refractivity contribution >= 4 is 29.5 Å². The predicted molar refractivity (Wildman–Crippen MR) is 88.6 cm³/mol. The largest absolute Gasteiger partial charge is 0.465 e. The van der Waals surface area contributed by atoms with E-state index in [9.17, 15) is 4.79 Å². The molecule has 3 aromatic rings. The second-order valence-electron chi connectivity index (χ2n) is 4.58.